The molecule has 0 saturated carbocycles. The lowest BCUT2D eigenvalue weighted by Gasteiger charge is -2.04. The zero-order valence-electron chi connectivity index (χ0n) is 15.5. The SMILES string of the molecule is COc1ccc(-n2nnnc2SCC#CCOC(=O)c2ccc(C)cc2)cc1. The van der Waals surface area contributed by atoms with Gasteiger partial charge in [-0.15, -0.1) is 5.10 Å². The molecule has 0 aliphatic heterocycles. The van der Waals surface area contributed by atoms with E-state index in [-0.39, 0.29) is 12.6 Å². The molecule has 8 heteroatoms. The molecular formula is C20H18N4O3S. The highest BCUT2D eigenvalue weighted by Crippen LogP contribution is 2.19. The average Bonchev–Trinajstić information content (AvgIpc) is 3.19. The summed E-state index contributed by atoms with van der Waals surface area (Å²) in [4.78, 5) is 11.9. The number of methoxy groups -OCH3 is 1. The third-order valence-corrected chi connectivity index (χ3v) is 4.52. The zero-order chi connectivity index (χ0) is 19.8. The van der Waals surface area contributed by atoms with Gasteiger partial charge in [-0.2, -0.15) is 4.68 Å². The highest BCUT2D eigenvalue weighted by Gasteiger charge is 2.08. The summed E-state index contributed by atoms with van der Waals surface area (Å²) in [5.74, 6) is 6.62. The van der Waals surface area contributed by atoms with Crippen molar-refractivity contribution in [2.24, 2.45) is 0 Å². The van der Waals surface area contributed by atoms with Crippen molar-refractivity contribution in [3.05, 3.63) is 59.7 Å². The largest absolute Gasteiger partial charge is 0.497 e. The number of aromatic nitrogens is 4. The molecule has 142 valence electrons. The number of rotatable bonds is 6. The van der Waals surface area contributed by atoms with Crippen LogP contribution in [0.4, 0.5) is 0 Å². The van der Waals surface area contributed by atoms with Crippen LogP contribution < -0.4 is 4.74 Å². The molecule has 0 atom stereocenters. The van der Waals surface area contributed by atoms with Crippen LogP contribution in [0.2, 0.25) is 0 Å². The Hall–Kier alpha value is -3.31. The second-order valence-electron chi connectivity index (χ2n) is 5.66. The molecule has 0 aliphatic carbocycles. The van der Waals surface area contributed by atoms with Crippen LogP contribution in [0.5, 0.6) is 5.75 Å². The van der Waals surface area contributed by atoms with Crippen LogP contribution in [-0.4, -0.2) is 45.6 Å². The maximum atomic E-state index is 11.9. The first-order valence-corrected chi connectivity index (χ1v) is 9.41. The number of benzene rings is 2. The van der Waals surface area contributed by atoms with Crippen LogP contribution >= 0.6 is 11.8 Å². The fourth-order valence-electron chi connectivity index (χ4n) is 2.23. The van der Waals surface area contributed by atoms with Crippen molar-refractivity contribution < 1.29 is 14.3 Å². The predicted molar refractivity (Wildman–Crippen MR) is 106 cm³/mol. The first-order valence-electron chi connectivity index (χ1n) is 8.42. The third kappa shape index (κ3) is 5.11. The standard InChI is InChI=1S/C20H18N4O3S/c1-15-5-7-16(8-6-15)19(25)27-13-3-4-14-28-20-21-22-23-24(20)17-9-11-18(26-2)12-10-17/h5-12H,13-14H2,1-2H3. The van der Waals surface area contributed by atoms with Gasteiger partial charge in [0.15, 0.2) is 6.61 Å². The normalized spacial score (nSPS) is 10.1. The molecule has 1 aromatic heterocycles. The lowest BCUT2D eigenvalue weighted by atomic mass is 10.1. The molecule has 3 aromatic rings. The monoisotopic (exact) mass is 394 g/mol. The quantitative estimate of drug-likeness (QED) is 0.361. The third-order valence-electron chi connectivity index (χ3n) is 3.72. The molecule has 0 spiro atoms. The number of esters is 1. The zero-order valence-corrected chi connectivity index (χ0v) is 16.3. The molecule has 0 N–H and O–H groups in total. The van der Waals surface area contributed by atoms with Gasteiger partial charge in [0.25, 0.3) is 0 Å². The minimum absolute atomic E-state index is 0.0384. The van der Waals surface area contributed by atoms with Gasteiger partial charge >= 0.3 is 5.97 Å². The van der Waals surface area contributed by atoms with E-state index in [1.807, 2.05) is 43.3 Å². The van der Waals surface area contributed by atoms with Crippen molar-refractivity contribution in [3.8, 4) is 23.3 Å². The van der Waals surface area contributed by atoms with E-state index in [4.69, 9.17) is 9.47 Å². The van der Waals surface area contributed by atoms with Gasteiger partial charge in [-0.1, -0.05) is 41.3 Å². The fraction of sp³-hybridized carbons (Fsp3) is 0.200. The van der Waals surface area contributed by atoms with Gasteiger partial charge in [0.1, 0.15) is 5.75 Å². The molecule has 7 nitrogen and oxygen atoms in total. The molecule has 28 heavy (non-hydrogen) atoms. The molecule has 0 radical (unpaired) electrons. The Labute approximate surface area is 167 Å². The summed E-state index contributed by atoms with van der Waals surface area (Å²) in [6.45, 7) is 2.00. The minimum Gasteiger partial charge on any atom is -0.497 e. The average molecular weight is 394 g/mol. The Balaban J connectivity index is 1.49. The highest BCUT2D eigenvalue weighted by atomic mass is 32.2. The number of hydrogen-bond donors (Lipinski definition) is 0. The summed E-state index contributed by atoms with van der Waals surface area (Å²) in [5, 5.41) is 12.3. The number of carbonyl (C=O) groups is 1. The van der Waals surface area contributed by atoms with E-state index in [0.29, 0.717) is 16.5 Å². The van der Waals surface area contributed by atoms with Crippen LogP contribution in [0.25, 0.3) is 5.69 Å². The number of tetrazole rings is 1. The van der Waals surface area contributed by atoms with E-state index < -0.39 is 0 Å². The lowest BCUT2D eigenvalue weighted by molar-refractivity contribution is 0.0556. The van der Waals surface area contributed by atoms with Gasteiger partial charge < -0.3 is 9.47 Å². The van der Waals surface area contributed by atoms with Crippen LogP contribution in [0.3, 0.4) is 0 Å². The van der Waals surface area contributed by atoms with Crippen molar-refractivity contribution in [3.63, 3.8) is 0 Å². The number of thioether (sulfide) groups is 1. The summed E-state index contributed by atoms with van der Waals surface area (Å²) in [5.41, 5.74) is 2.43. The molecule has 0 bridgehead atoms. The van der Waals surface area contributed by atoms with Gasteiger partial charge in [-0.3, -0.25) is 0 Å². The van der Waals surface area contributed by atoms with Gasteiger partial charge in [-0.05, 0) is 53.7 Å². The highest BCUT2D eigenvalue weighted by molar-refractivity contribution is 7.99. The Kier molecular flexibility index (Phi) is 6.65. The van der Waals surface area contributed by atoms with Crippen molar-refractivity contribution in [2.75, 3.05) is 19.5 Å². The van der Waals surface area contributed by atoms with Gasteiger partial charge in [0, 0.05) is 0 Å². The topological polar surface area (TPSA) is 79.1 Å². The van der Waals surface area contributed by atoms with Crippen LogP contribution in [0, 0.1) is 18.8 Å². The summed E-state index contributed by atoms with van der Waals surface area (Å²) < 4.78 is 11.9. The molecule has 0 fully saturated rings. The molecular weight excluding hydrogens is 376 g/mol. The van der Waals surface area contributed by atoms with Crippen LogP contribution in [-0.2, 0) is 4.74 Å². The molecule has 2 aromatic carbocycles. The first-order chi connectivity index (χ1) is 13.7. The maximum Gasteiger partial charge on any atom is 0.339 e. The van der Waals surface area contributed by atoms with Crippen molar-refractivity contribution >= 4 is 17.7 Å². The van der Waals surface area contributed by atoms with Crippen molar-refractivity contribution in [1.82, 2.24) is 20.2 Å². The molecule has 1 heterocycles. The van der Waals surface area contributed by atoms with Crippen LogP contribution in [0.1, 0.15) is 15.9 Å². The van der Waals surface area contributed by atoms with E-state index in [1.54, 1.807) is 23.9 Å². The van der Waals surface area contributed by atoms with E-state index in [2.05, 4.69) is 27.4 Å². The van der Waals surface area contributed by atoms with Gasteiger partial charge in [0.05, 0.1) is 24.1 Å². The summed E-state index contributed by atoms with van der Waals surface area (Å²) in [6.07, 6.45) is 0. The second-order valence-corrected chi connectivity index (χ2v) is 6.60. The Bertz CT molecular complexity index is 989. The lowest BCUT2D eigenvalue weighted by Crippen LogP contribution is -2.05. The minimum atomic E-state index is -0.384. The van der Waals surface area contributed by atoms with E-state index in [1.165, 1.54) is 11.8 Å². The molecule has 3 rings (SSSR count). The van der Waals surface area contributed by atoms with Gasteiger partial charge in [0.2, 0.25) is 5.16 Å². The number of ether oxygens (including phenoxy) is 2. The summed E-state index contributed by atoms with van der Waals surface area (Å²) in [6, 6.07) is 14.6. The molecule has 0 saturated heterocycles. The maximum absolute atomic E-state index is 11.9. The molecule has 0 unspecified atom stereocenters. The molecule has 0 aliphatic rings. The predicted octanol–water partition coefficient (Wildman–Crippen LogP) is 2.93. The fourth-order valence-corrected chi connectivity index (χ4v) is 2.89. The van der Waals surface area contributed by atoms with Crippen molar-refractivity contribution in [1.29, 1.82) is 0 Å². The second kappa shape index (κ2) is 9.58. The summed E-state index contributed by atoms with van der Waals surface area (Å²) >= 11 is 1.40. The van der Waals surface area contributed by atoms with E-state index in [9.17, 15) is 4.79 Å². The smallest absolute Gasteiger partial charge is 0.339 e. The number of nitrogens with zero attached hydrogens (tertiary/aromatic N) is 4. The Morgan fingerprint density at radius 3 is 2.57 bits per heavy atom. The van der Waals surface area contributed by atoms with Crippen molar-refractivity contribution in [2.45, 2.75) is 12.1 Å². The van der Waals surface area contributed by atoms with E-state index in [0.717, 1.165) is 17.0 Å². The molecule has 0 amide bonds. The number of aryl methyl sites for hydroxylation is 1. The number of carbonyl (C=O) groups excluding carboxylic acids is 1. The van der Waals surface area contributed by atoms with Crippen LogP contribution in [0.15, 0.2) is 53.7 Å². The van der Waals surface area contributed by atoms with E-state index >= 15 is 0 Å². The Morgan fingerprint density at radius 2 is 1.86 bits per heavy atom. The summed E-state index contributed by atoms with van der Waals surface area (Å²) in [7, 11) is 1.62. The number of hydrogen-bond acceptors (Lipinski definition) is 7. The Morgan fingerprint density at radius 1 is 1.11 bits per heavy atom. The first kappa shape index (κ1) is 19.5. The van der Waals surface area contributed by atoms with Gasteiger partial charge in [-0.25, -0.2) is 4.79 Å².